The van der Waals surface area contributed by atoms with Crippen LogP contribution in [0.5, 0.6) is 0 Å². The van der Waals surface area contributed by atoms with Crippen LogP contribution in [0.3, 0.4) is 0 Å². The Hall–Kier alpha value is -0.570. The summed E-state index contributed by atoms with van der Waals surface area (Å²) in [5, 5.41) is 3.30. The predicted molar refractivity (Wildman–Crippen MR) is 60.3 cm³/mol. The molecule has 15 heavy (non-hydrogen) atoms. The van der Waals surface area contributed by atoms with Crippen molar-refractivity contribution in [3.05, 3.63) is 0 Å². The summed E-state index contributed by atoms with van der Waals surface area (Å²) in [5.41, 5.74) is 0. The molecule has 1 saturated heterocycles. The Kier molecular flexibility index (Phi) is 3.29. The van der Waals surface area contributed by atoms with Crippen LogP contribution >= 0.6 is 0 Å². The quantitative estimate of drug-likeness (QED) is 0.747. The van der Waals surface area contributed by atoms with E-state index >= 15 is 0 Å². The molecule has 1 aliphatic heterocycles. The van der Waals surface area contributed by atoms with Crippen LogP contribution < -0.4 is 5.32 Å². The van der Waals surface area contributed by atoms with Crippen molar-refractivity contribution in [2.24, 2.45) is 11.8 Å². The van der Waals surface area contributed by atoms with Gasteiger partial charge in [0, 0.05) is 6.54 Å². The normalized spacial score (nSPS) is 28.5. The fourth-order valence-electron chi connectivity index (χ4n) is 2.48. The van der Waals surface area contributed by atoms with E-state index in [0.717, 1.165) is 25.3 Å². The van der Waals surface area contributed by atoms with E-state index in [2.05, 4.69) is 24.1 Å². The van der Waals surface area contributed by atoms with E-state index in [0.29, 0.717) is 24.5 Å². The Morgan fingerprint density at radius 3 is 2.87 bits per heavy atom. The van der Waals surface area contributed by atoms with Gasteiger partial charge in [-0.25, -0.2) is 0 Å². The highest BCUT2D eigenvalue weighted by Crippen LogP contribution is 2.37. The molecule has 3 heteroatoms. The van der Waals surface area contributed by atoms with Gasteiger partial charge >= 0.3 is 0 Å². The molecule has 0 bridgehead atoms. The third-order valence-corrected chi connectivity index (χ3v) is 3.66. The topological polar surface area (TPSA) is 32.3 Å². The standard InChI is InChI=1S/C12H22N2O/c1-3-4-11-13-7-12(15)14(11)8-9(2)10-5-6-10/h9-11,13H,3-8H2,1-2H3. The van der Waals surface area contributed by atoms with Crippen molar-refractivity contribution in [2.75, 3.05) is 13.1 Å². The number of rotatable bonds is 5. The lowest BCUT2D eigenvalue weighted by Gasteiger charge is -2.27. The van der Waals surface area contributed by atoms with Crippen molar-refractivity contribution >= 4 is 5.91 Å². The molecule has 0 radical (unpaired) electrons. The third-order valence-electron chi connectivity index (χ3n) is 3.66. The molecule has 2 fully saturated rings. The second-order valence-corrected chi connectivity index (χ2v) is 5.05. The average molecular weight is 210 g/mol. The minimum absolute atomic E-state index is 0.293. The van der Waals surface area contributed by atoms with E-state index in [4.69, 9.17) is 0 Å². The Morgan fingerprint density at radius 2 is 2.27 bits per heavy atom. The van der Waals surface area contributed by atoms with Crippen LogP contribution in [0.25, 0.3) is 0 Å². The van der Waals surface area contributed by atoms with Gasteiger partial charge in [-0.15, -0.1) is 0 Å². The van der Waals surface area contributed by atoms with Crippen LogP contribution in [-0.4, -0.2) is 30.1 Å². The van der Waals surface area contributed by atoms with Gasteiger partial charge in [-0.2, -0.15) is 0 Å². The molecule has 2 rings (SSSR count). The highest BCUT2D eigenvalue weighted by Gasteiger charge is 2.35. The van der Waals surface area contributed by atoms with E-state index in [1.54, 1.807) is 0 Å². The number of hydrogen-bond acceptors (Lipinski definition) is 2. The molecule has 2 unspecified atom stereocenters. The monoisotopic (exact) mass is 210 g/mol. The summed E-state index contributed by atoms with van der Waals surface area (Å²) in [4.78, 5) is 13.8. The molecule has 0 aromatic heterocycles. The lowest BCUT2D eigenvalue weighted by molar-refractivity contribution is -0.128. The first-order valence-corrected chi connectivity index (χ1v) is 6.25. The number of carbonyl (C=O) groups is 1. The summed E-state index contributed by atoms with van der Waals surface area (Å²) in [6, 6.07) is 0. The van der Waals surface area contributed by atoms with Crippen LogP contribution in [-0.2, 0) is 4.79 Å². The maximum Gasteiger partial charge on any atom is 0.237 e. The second-order valence-electron chi connectivity index (χ2n) is 5.05. The fraction of sp³-hybridized carbons (Fsp3) is 0.917. The van der Waals surface area contributed by atoms with E-state index in [9.17, 15) is 4.79 Å². The van der Waals surface area contributed by atoms with Crippen LogP contribution in [0.2, 0.25) is 0 Å². The van der Waals surface area contributed by atoms with Gasteiger partial charge in [-0.1, -0.05) is 20.3 Å². The van der Waals surface area contributed by atoms with E-state index in [-0.39, 0.29) is 0 Å². The van der Waals surface area contributed by atoms with Crippen molar-refractivity contribution in [3.63, 3.8) is 0 Å². The van der Waals surface area contributed by atoms with Gasteiger partial charge in [0.05, 0.1) is 12.7 Å². The number of nitrogens with zero attached hydrogens (tertiary/aromatic N) is 1. The lowest BCUT2D eigenvalue weighted by atomic mass is 10.1. The molecule has 2 aliphatic rings. The van der Waals surface area contributed by atoms with Crippen LogP contribution in [0.4, 0.5) is 0 Å². The minimum atomic E-state index is 0.293. The van der Waals surface area contributed by atoms with Gasteiger partial charge in [0.1, 0.15) is 0 Å². The first kappa shape index (κ1) is 10.9. The fourth-order valence-corrected chi connectivity index (χ4v) is 2.48. The summed E-state index contributed by atoms with van der Waals surface area (Å²) >= 11 is 0. The van der Waals surface area contributed by atoms with Crippen molar-refractivity contribution < 1.29 is 4.79 Å². The molecule has 1 aliphatic carbocycles. The van der Waals surface area contributed by atoms with E-state index in [1.807, 2.05) is 0 Å². The third kappa shape index (κ3) is 2.51. The summed E-state index contributed by atoms with van der Waals surface area (Å²) in [6.45, 7) is 5.96. The van der Waals surface area contributed by atoms with Crippen molar-refractivity contribution in [1.29, 1.82) is 0 Å². The molecule has 1 heterocycles. The highest BCUT2D eigenvalue weighted by molar-refractivity contribution is 5.80. The van der Waals surface area contributed by atoms with Gasteiger partial charge in [0.15, 0.2) is 0 Å². The lowest BCUT2D eigenvalue weighted by Crippen LogP contribution is -2.40. The largest absolute Gasteiger partial charge is 0.326 e. The van der Waals surface area contributed by atoms with Crippen molar-refractivity contribution in [1.82, 2.24) is 10.2 Å². The molecule has 1 amide bonds. The first-order valence-electron chi connectivity index (χ1n) is 6.25. The maximum atomic E-state index is 11.7. The SMILES string of the molecule is CCCC1NCC(=O)N1CC(C)C1CC1. The zero-order chi connectivity index (χ0) is 10.8. The van der Waals surface area contributed by atoms with Crippen LogP contribution in [0.15, 0.2) is 0 Å². The summed E-state index contributed by atoms with van der Waals surface area (Å²) < 4.78 is 0. The van der Waals surface area contributed by atoms with E-state index < -0.39 is 0 Å². The Bertz CT molecular complexity index is 238. The van der Waals surface area contributed by atoms with Gasteiger partial charge < -0.3 is 4.90 Å². The Balaban J connectivity index is 1.88. The summed E-state index contributed by atoms with van der Waals surface area (Å²) in [6.07, 6.45) is 5.27. The van der Waals surface area contributed by atoms with Crippen LogP contribution in [0, 0.1) is 11.8 Å². The average Bonchev–Trinajstić information content (AvgIpc) is 3.00. The highest BCUT2D eigenvalue weighted by atomic mass is 16.2. The molecule has 1 N–H and O–H groups in total. The number of nitrogens with one attached hydrogen (secondary N) is 1. The van der Waals surface area contributed by atoms with Crippen molar-refractivity contribution in [3.8, 4) is 0 Å². The smallest absolute Gasteiger partial charge is 0.237 e. The molecule has 0 aromatic rings. The molecular formula is C12H22N2O. The van der Waals surface area contributed by atoms with Gasteiger partial charge in [0.2, 0.25) is 5.91 Å². The number of amides is 1. The van der Waals surface area contributed by atoms with Gasteiger partial charge in [-0.05, 0) is 31.1 Å². The molecule has 2 atom stereocenters. The maximum absolute atomic E-state index is 11.7. The number of carbonyl (C=O) groups excluding carboxylic acids is 1. The van der Waals surface area contributed by atoms with Crippen molar-refractivity contribution in [2.45, 2.75) is 45.7 Å². The molecule has 1 saturated carbocycles. The summed E-state index contributed by atoms with van der Waals surface area (Å²) in [5.74, 6) is 1.87. The second kappa shape index (κ2) is 4.52. The molecule has 86 valence electrons. The Morgan fingerprint density at radius 1 is 1.53 bits per heavy atom. The summed E-state index contributed by atoms with van der Waals surface area (Å²) in [7, 11) is 0. The molecule has 0 aromatic carbocycles. The Labute approximate surface area is 92.2 Å². The van der Waals surface area contributed by atoms with Gasteiger partial charge in [0.25, 0.3) is 0 Å². The zero-order valence-electron chi connectivity index (χ0n) is 9.83. The molecular weight excluding hydrogens is 188 g/mol. The van der Waals surface area contributed by atoms with Gasteiger partial charge in [-0.3, -0.25) is 10.1 Å². The minimum Gasteiger partial charge on any atom is -0.326 e. The molecule has 3 nitrogen and oxygen atoms in total. The van der Waals surface area contributed by atoms with Crippen LogP contribution in [0.1, 0.15) is 39.5 Å². The zero-order valence-corrected chi connectivity index (χ0v) is 9.83. The van der Waals surface area contributed by atoms with E-state index in [1.165, 1.54) is 12.8 Å². The predicted octanol–water partition coefficient (Wildman–Crippen LogP) is 1.59. The number of hydrogen-bond donors (Lipinski definition) is 1. The molecule has 0 spiro atoms. The first-order chi connectivity index (χ1) is 7.22.